The maximum Gasteiger partial charge on any atom is 0.417 e. The van der Waals surface area contributed by atoms with Crippen LogP contribution in [0.5, 0.6) is 0 Å². The number of para-hydroxylation sites is 3. The van der Waals surface area contributed by atoms with Crippen LogP contribution in [0.2, 0.25) is 0 Å². The summed E-state index contributed by atoms with van der Waals surface area (Å²) in [4.78, 5) is 12.4. The first-order valence-corrected chi connectivity index (χ1v) is 7.84. The van der Waals surface area contributed by atoms with Crippen molar-refractivity contribution in [3.05, 3.63) is 90.0 Å². The van der Waals surface area contributed by atoms with Crippen LogP contribution >= 0.6 is 0 Å². The summed E-state index contributed by atoms with van der Waals surface area (Å²) in [5, 5.41) is 5.70. The van der Waals surface area contributed by atoms with Crippen molar-refractivity contribution in [1.82, 2.24) is 0 Å². The Balaban J connectivity index is 1.88. The van der Waals surface area contributed by atoms with E-state index in [0.29, 0.717) is 11.4 Å². The summed E-state index contributed by atoms with van der Waals surface area (Å²) < 4.78 is 39.4. The van der Waals surface area contributed by atoms with Crippen LogP contribution in [0.4, 0.5) is 30.2 Å². The fourth-order valence-corrected chi connectivity index (χ4v) is 2.50. The zero-order chi connectivity index (χ0) is 18.6. The van der Waals surface area contributed by atoms with E-state index in [4.69, 9.17) is 0 Å². The van der Waals surface area contributed by atoms with E-state index in [2.05, 4.69) is 10.6 Å². The summed E-state index contributed by atoms with van der Waals surface area (Å²) in [5.74, 6) is -0.819. The standard InChI is InChI=1S/C20H15F3N2O/c21-20(22,23)16-11-5-4-10-15(16)19(26)25-18-13-7-6-12-17(18)24-14-8-2-1-3-9-14/h1-13,24H,(H,25,26). The number of amides is 1. The number of hydrogen-bond donors (Lipinski definition) is 2. The highest BCUT2D eigenvalue weighted by atomic mass is 19.4. The van der Waals surface area contributed by atoms with Crippen molar-refractivity contribution in [3.63, 3.8) is 0 Å². The summed E-state index contributed by atoms with van der Waals surface area (Å²) in [7, 11) is 0. The van der Waals surface area contributed by atoms with Gasteiger partial charge in [-0.2, -0.15) is 13.2 Å². The minimum atomic E-state index is -4.60. The molecule has 6 heteroatoms. The molecular formula is C20H15F3N2O. The van der Waals surface area contributed by atoms with Crippen molar-refractivity contribution in [1.29, 1.82) is 0 Å². The van der Waals surface area contributed by atoms with Crippen molar-refractivity contribution in [3.8, 4) is 0 Å². The van der Waals surface area contributed by atoms with E-state index in [9.17, 15) is 18.0 Å². The van der Waals surface area contributed by atoms with Gasteiger partial charge in [0.1, 0.15) is 0 Å². The largest absolute Gasteiger partial charge is 0.417 e. The Kier molecular flexibility index (Phi) is 4.93. The van der Waals surface area contributed by atoms with Gasteiger partial charge in [0.2, 0.25) is 0 Å². The summed E-state index contributed by atoms with van der Waals surface area (Å²) in [6.07, 6.45) is -4.60. The molecule has 0 atom stereocenters. The lowest BCUT2D eigenvalue weighted by Crippen LogP contribution is -2.19. The normalized spacial score (nSPS) is 11.0. The molecule has 132 valence electrons. The van der Waals surface area contributed by atoms with Crippen molar-refractivity contribution in [2.75, 3.05) is 10.6 Å². The predicted octanol–water partition coefficient (Wildman–Crippen LogP) is 5.70. The molecule has 0 heterocycles. The van der Waals surface area contributed by atoms with E-state index in [1.54, 1.807) is 24.3 Å². The van der Waals surface area contributed by atoms with Gasteiger partial charge in [0.05, 0.1) is 22.5 Å². The third-order valence-corrected chi connectivity index (χ3v) is 3.71. The molecule has 0 aliphatic carbocycles. The van der Waals surface area contributed by atoms with Crippen LogP contribution in [0, 0.1) is 0 Å². The van der Waals surface area contributed by atoms with Crippen LogP contribution in [-0.2, 0) is 6.18 Å². The predicted molar refractivity (Wildman–Crippen MR) is 95.6 cm³/mol. The minimum absolute atomic E-state index is 0.387. The highest BCUT2D eigenvalue weighted by Gasteiger charge is 2.34. The molecule has 0 aliphatic heterocycles. The number of carbonyl (C=O) groups is 1. The van der Waals surface area contributed by atoms with E-state index in [0.717, 1.165) is 17.8 Å². The molecule has 2 N–H and O–H groups in total. The zero-order valence-corrected chi connectivity index (χ0v) is 13.5. The van der Waals surface area contributed by atoms with Gasteiger partial charge in [-0.05, 0) is 36.4 Å². The first-order valence-electron chi connectivity index (χ1n) is 7.84. The molecule has 3 rings (SSSR count). The Morgan fingerprint density at radius 2 is 1.31 bits per heavy atom. The second kappa shape index (κ2) is 7.31. The van der Waals surface area contributed by atoms with Gasteiger partial charge < -0.3 is 10.6 Å². The van der Waals surface area contributed by atoms with E-state index in [1.165, 1.54) is 12.1 Å². The fourth-order valence-electron chi connectivity index (χ4n) is 2.50. The maximum atomic E-state index is 13.1. The van der Waals surface area contributed by atoms with Crippen LogP contribution in [0.3, 0.4) is 0 Å². The molecule has 3 nitrogen and oxygen atoms in total. The molecule has 0 aliphatic rings. The lowest BCUT2D eigenvalue weighted by Gasteiger charge is -2.15. The molecule has 26 heavy (non-hydrogen) atoms. The van der Waals surface area contributed by atoms with Crippen molar-refractivity contribution in [2.24, 2.45) is 0 Å². The van der Waals surface area contributed by atoms with Crippen molar-refractivity contribution < 1.29 is 18.0 Å². The number of benzene rings is 3. The number of rotatable bonds is 4. The van der Waals surface area contributed by atoms with Gasteiger partial charge in [-0.3, -0.25) is 4.79 Å². The molecule has 0 fully saturated rings. The average Bonchev–Trinajstić information content (AvgIpc) is 2.63. The molecule has 0 saturated carbocycles. The van der Waals surface area contributed by atoms with Crippen LogP contribution < -0.4 is 10.6 Å². The second-order valence-corrected chi connectivity index (χ2v) is 5.53. The Labute approximate surface area is 148 Å². The Bertz CT molecular complexity index is 908. The monoisotopic (exact) mass is 356 g/mol. The number of anilines is 3. The molecule has 0 unspecified atom stereocenters. The number of alkyl halides is 3. The van der Waals surface area contributed by atoms with E-state index in [-0.39, 0.29) is 0 Å². The Morgan fingerprint density at radius 3 is 2.00 bits per heavy atom. The molecule has 3 aromatic rings. The molecule has 0 radical (unpaired) electrons. The first-order chi connectivity index (χ1) is 12.4. The number of hydrogen-bond acceptors (Lipinski definition) is 2. The Hall–Kier alpha value is -3.28. The lowest BCUT2D eigenvalue weighted by molar-refractivity contribution is -0.137. The molecule has 0 saturated heterocycles. The molecule has 0 bridgehead atoms. The fraction of sp³-hybridized carbons (Fsp3) is 0.0500. The van der Waals surface area contributed by atoms with Gasteiger partial charge in [-0.15, -0.1) is 0 Å². The lowest BCUT2D eigenvalue weighted by atomic mass is 10.1. The number of nitrogens with one attached hydrogen (secondary N) is 2. The molecule has 0 spiro atoms. The van der Waals surface area contributed by atoms with Gasteiger partial charge >= 0.3 is 6.18 Å². The van der Waals surface area contributed by atoms with Crippen molar-refractivity contribution in [2.45, 2.75) is 6.18 Å². The first kappa shape index (κ1) is 17.5. The SMILES string of the molecule is O=C(Nc1ccccc1Nc1ccccc1)c1ccccc1C(F)(F)F. The number of halogens is 3. The third-order valence-electron chi connectivity index (χ3n) is 3.71. The van der Waals surface area contributed by atoms with Crippen LogP contribution in [0.25, 0.3) is 0 Å². The highest BCUT2D eigenvalue weighted by molar-refractivity contribution is 6.07. The topological polar surface area (TPSA) is 41.1 Å². The number of carbonyl (C=O) groups excluding carboxylic acids is 1. The van der Waals surface area contributed by atoms with Gasteiger partial charge in [-0.25, -0.2) is 0 Å². The quantitative estimate of drug-likeness (QED) is 0.629. The van der Waals surface area contributed by atoms with Crippen LogP contribution in [0.15, 0.2) is 78.9 Å². The summed E-state index contributed by atoms with van der Waals surface area (Å²) >= 11 is 0. The highest BCUT2D eigenvalue weighted by Crippen LogP contribution is 2.33. The van der Waals surface area contributed by atoms with E-state index >= 15 is 0 Å². The summed E-state index contributed by atoms with van der Waals surface area (Å²) in [6.45, 7) is 0. The summed E-state index contributed by atoms with van der Waals surface area (Å²) in [5.41, 5.74) is 0.375. The van der Waals surface area contributed by atoms with Gasteiger partial charge in [0.15, 0.2) is 0 Å². The molecule has 3 aromatic carbocycles. The molecular weight excluding hydrogens is 341 g/mol. The molecule has 1 amide bonds. The van der Waals surface area contributed by atoms with Crippen LogP contribution in [0.1, 0.15) is 15.9 Å². The average molecular weight is 356 g/mol. The minimum Gasteiger partial charge on any atom is -0.354 e. The van der Waals surface area contributed by atoms with E-state index in [1.807, 2.05) is 30.3 Å². The van der Waals surface area contributed by atoms with Gasteiger partial charge in [0.25, 0.3) is 5.91 Å². The van der Waals surface area contributed by atoms with E-state index < -0.39 is 23.2 Å². The Morgan fingerprint density at radius 1 is 0.731 bits per heavy atom. The zero-order valence-electron chi connectivity index (χ0n) is 13.5. The van der Waals surface area contributed by atoms with Crippen LogP contribution in [-0.4, -0.2) is 5.91 Å². The third kappa shape index (κ3) is 4.03. The van der Waals surface area contributed by atoms with Gasteiger partial charge in [-0.1, -0.05) is 42.5 Å². The maximum absolute atomic E-state index is 13.1. The molecule has 0 aromatic heterocycles. The van der Waals surface area contributed by atoms with Gasteiger partial charge in [0, 0.05) is 5.69 Å². The smallest absolute Gasteiger partial charge is 0.354 e. The van der Waals surface area contributed by atoms with Crippen molar-refractivity contribution >= 4 is 23.0 Å². The second-order valence-electron chi connectivity index (χ2n) is 5.53. The summed E-state index contributed by atoms with van der Waals surface area (Å²) in [6, 6.07) is 20.8.